The second-order valence-corrected chi connectivity index (χ2v) is 4.88. The summed E-state index contributed by atoms with van der Waals surface area (Å²) in [6.07, 6.45) is 5.07. The first-order chi connectivity index (χ1) is 6.74. The van der Waals surface area contributed by atoms with Gasteiger partial charge in [0.15, 0.2) is 0 Å². The smallest absolute Gasteiger partial charge is 0.236 e. The van der Waals surface area contributed by atoms with Crippen LogP contribution in [-0.4, -0.2) is 48.0 Å². The van der Waals surface area contributed by atoms with Crippen LogP contribution in [-0.2, 0) is 4.79 Å². The fraction of sp³-hybridized carbons (Fsp3) is 0.700. The molecule has 0 bridgehead atoms. The van der Waals surface area contributed by atoms with Crippen molar-refractivity contribution in [1.82, 2.24) is 10.2 Å². The Labute approximate surface area is 89.6 Å². The van der Waals surface area contributed by atoms with E-state index in [2.05, 4.69) is 18.2 Å². The minimum Gasteiger partial charge on any atom is -0.340 e. The molecule has 1 heterocycles. The molecule has 1 unspecified atom stereocenters. The molecular weight excluding hydrogens is 196 g/mol. The summed E-state index contributed by atoms with van der Waals surface area (Å²) in [6, 6.07) is 0. The van der Waals surface area contributed by atoms with Crippen LogP contribution in [0.3, 0.4) is 0 Å². The highest BCUT2D eigenvalue weighted by molar-refractivity contribution is 7.99. The molecule has 1 aliphatic rings. The van der Waals surface area contributed by atoms with Crippen LogP contribution in [0.15, 0.2) is 0 Å². The van der Waals surface area contributed by atoms with Gasteiger partial charge in [0, 0.05) is 24.1 Å². The number of thioether (sulfide) groups is 1. The van der Waals surface area contributed by atoms with Crippen molar-refractivity contribution in [2.24, 2.45) is 0 Å². The fourth-order valence-corrected chi connectivity index (χ4v) is 2.41. The molecule has 78 valence electrons. The predicted molar refractivity (Wildman–Crippen MR) is 60.2 cm³/mol. The molecule has 0 aliphatic carbocycles. The summed E-state index contributed by atoms with van der Waals surface area (Å²) in [4.78, 5) is 13.5. The van der Waals surface area contributed by atoms with Gasteiger partial charge in [0.2, 0.25) is 5.91 Å². The lowest BCUT2D eigenvalue weighted by Gasteiger charge is -2.30. The van der Waals surface area contributed by atoms with Crippen molar-refractivity contribution in [1.29, 1.82) is 0 Å². The second kappa shape index (κ2) is 5.94. The van der Waals surface area contributed by atoms with E-state index in [0.717, 1.165) is 18.8 Å². The van der Waals surface area contributed by atoms with Gasteiger partial charge in [-0.3, -0.25) is 10.1 Å². The zero-order chi connectivity index (χ0) is 10.4. The predicted octanol–water partition coefficient (Wildman–Crippen LogP) is 0.173. The van der Waals surface area contributed by atoms with Gasteiger partial charge in [0.05, 0.1) is 13.1 Å². The van der Waals surface area contributed by atoms with Gasteiger partial charge in [0.1, 0.15) is 0 Å². The van der Waals surface area contributed by atoms with Crippen LogP contribution in [0, 0.1) is 12.3 Å². The Morgan fingerprint density at radius 3 is 3.21 bits per heavy atom. The molecule has 1 atom stereocenters. The number of amides is 1. The van der Waals surface area contributed by atoms with Crippen molar-refractivity contribution in [3.05, 3.63) is 0 Å². The van der Waals surface area contributed by atoms with Gasteiger partial charge in [-0.05, 0) is 0 Å². The zero-order valence-corrected chi connectivity index (χ0v) is 9.27. The molecule has 0 radical (unpaired) electrons. The number of hydrogen-bond acceptors (Lipinski definition) is 3. The quantitative estimate of drug-likeness (QED) is 0.535. The van der Waals surface area contributed by atoms with Gasteiger partial charge < -0.3 is 4.90 Å². The first-order valence-electron chi connectivity index (χ1n) is 4.77. The highest BCUT2D eigenvalue weighted by atomic mass is 32.2. The summed E-state index contributed by atoms with van der Waals surface area (Å²) in [5.41, 5.74) is 0. The number of nitrogens with one attached hydrogen (secondary N) is 1. The van der Waals surface area contributed by atoms with Gasteiger partial charge in [-0.15, -0.1) is 6.42 Å². The highest BCUT2D eigenvalue weighted by Crippen LogP contribution is 2.17. The number of terminal acetylenes is 1. The Hall–Kier alpha value is -0.660. The summed E-state index contributed by atoms with van der Waals surface area (Å²) in [6.45, 7) is 4.71. The molecule has 0 saturated carbocycles. The van der Waals surface area contributed by atoms with E-state index in [9.17, 15) is 4.79 Å². The Balaban J connectivity index is 2.26. The minimum absolute atomic E-state index is 0.160. The third-order valence-electron chi connectivity index (χ3n) is 2.10. The molecule has 0 aromatic rings. The van der Waals surface area contributed by atoms with Gasteiger partial charge in [-0.2, -0.15) is 11.8 Å². The van der Waals surface area contributed by atoms with Crippen molar-refractivity contribution in [3.8, 4) is 12.3 Å². The van der Waals surface area contributed by atoms with Crippen LogP contribution >= 0.6 is 11.8 Å². The molecule has 0 aromatic carbocycles. The maximum Gasteiger partial charge on any atom is 0.236 e. The number of hydrogen-bond donors (Lipinski definition) is 1. The van der Waals surface area contributed by atoms with E-state index in [1.807, 2.05) is 16.7 Å². The molecule has 0 spiro atoms. The first-order valence-corrected chi connectivity index (χ1v) is 5.82. The summed E-state index contributed by atoms with van der Waals surface area (Å²) >= 11 is 1.92. The number of carbonyl (C=O) groups is 1. The van der Waals surface area contributed by atoms with E-state index >= 15 is 0 Å². The van der Waals surface area contributed by atoms with Crippen LogP contribution in [0.1, 0.15) is 6.92 Å². The van der Waals surface area contributed by atoms with E-state index in [1.165, 1.54) is 0 Å². The third kappa shape index (κ3) is 3.60. The van der Waals surface area contributed by atoms with Crippen molar-refractivity contribution in [3.63, 3.8) is 0 Å². The van der Waals surface area contributed by atoms with Gasteiger partial charge >= 0.3 is 0 Å². The Morgan fingerprint density at radius 1 is 1.79 bits per heavy atom. The largest absolute Gasteiger partial charge is 0.340 e. The molecule has 1 saturated heterocycles. The second-order valence-electron chi connectivity index (χ2n) is 3.33. The van der Waals surface area contributed by atoms with E-state index in [-0.39, 0.29) is 5.91 Å². The lowest BCUT2D eigenvalue weighted by molar-refractivity contribution is -0.130. The van der Waals surface area contributed by atoms with Crippen LogP contribution in [0.4, 0.5) is 0 Å². The maximum absolute atomic E-state index is 11.6. The monoisotopic (exact) mass is 212 g/mol. The molecule has 1 amide bonds. The molecule has 1 aliphatic heterocycles. The van der Waals surface area contributed by atoms with E-state index < -0.39 is 0 Å². The number of rotatable bonds is 3. The molecule has 1 fully saturated rings. The summed E-state index contributed by atoms with van der Waals surface area (Å²) in [5.74, 6) is 3.65. The van der Waals surface area contributed by atoms with Gasteiger partial charge in [-0.1, -0.05) is 12.8 Å². The summed E-state index contributed by atoms with van der Waals surface area (Å²) < 4.78 is 0. The number of nitrogens with zero attached hydrogens (tertiary/aromatic N) is 1. The molecule has 1 N–H and O–H groups in total. The molecule has 4 heteroatoms. The van der Waals surface area contributed by atoms with Gasteiger partial charge in [-0.25, -0.2) is 0 Å². The van der Waals surface area contributed by atoms with Crippen LogP contribution in [0.5, 0.6) is 0 Å². The van der Waals surface area contributed by atoms with Crippen molar-refractivity contribution in [2.75, 3.05) is 31.9 Å². The zero-order valence-electron chi connectivity index (χ0n) is 8.45. The fourth-order valence-electron chi connectivity index (χ4n) is 1.40. The molecule has 1 rings (SSSR count). The SMILES string of the molecule is C#CCNCC(=O)N1CCSC(C)C1. The summed E-state index contributed by atoms with van der Waals surface area (Å²) in [5, 5.41) is 3.47. The third-order valence-corrected chi connectivity index (χ3v) is 3.23. The van der Waals surface area contributed by atoms with Crippen LogP contribution in [0.2, 0.25) is 0 Å². The Morgan fingerprint density at radius 2 is 2.57 bits per heavy atom. The standard InChI is InChI=1S/C10H16N2OS/c1-3-4-11-7-10(13)12-5-6-14-9(2)8-12/h1,9,11H,4-8H2,2H3. The Kier molecular flexibility index (Phi) is 4.85. The van der Waals surface area contributed by atoms with Crippen molar-refractivity contribution >= 4 is 17.7 Å². The molecule has 0 aromatic heterocycles. The lowest BCUT2D eigenvalue weighted by atomic mass is 10.3. The maximum atomic E-state index is 11.6. The van der Waals surface area contributed by atoms with Gasteiger partial charge in [0.25, 0.3) is 0 Å². The molecule has 3 nitrogen and oxygen atoms in total. The molecule has 14 heavy (non-hydrogen) atoms. The highest BCUT2D eigenvalue weighted by Gasteiger charge is 2.20. The van der Waals surface area contributed by atoms with E-state index in [0.29, 0.717) is 18.3 Å². The van der Waals surface area contributed by atoms with Crippen LogP contribution < -0.4 is 5.32 Å². The van der Waals surface area contributed by atoms with Crippen molar-refractivity contribution in [2.45, 2.75) is 12.2 Å². The Bertz CT molecular complexity index is 237. The van der Waals surface area contributed by atoms with Crippen LogP contribution in [0.25, 0.3) is 0 Å². The first kappa shape index (κ1) is 11.4. The minimum atomic E-state index is 0.160. The normalized spacial score (nSPS) is 21.7. The summed E-state index contributed by atoms with van der Waals surface area (Å²) in [7, 11) is 0. The van der Waals surface area contributed by atoms with Crippen molar-refractivity contribution < 1.29 is 4.79 Å². The number of carbonyl (C=O) groups excluding carboxylic acids is 1. The average molecular weight is 212 g/mol. The van der Waals surface area contributed by atoms with E-state index in [1.54, 1.807) is 0 Å². The topological polar surface area (TPSA) is 32.3 Å². The average Bonchev–Trinajstić information content (AvgIpc) is 2.18. The lowest BCUT2D eigenvalue weighted by Crippen LogP contribution is -2.45. The molecular formula is C10H16N2OS. The van der Waals surface area contributed by atoms with E-state index in [4.69, 9.17) is 6.42 Å².